The summed E-state index contributed by atoms with van der Waals surface area (Å²) in [7, 11) is -4.21. The van der Waals surface area contributed by atoms with Crippen LogP contribution in [0.25, 0.3) is 0 Å². The molecule has 10 heteroatoms. The molecule has 0 unspecified atom stereocenters. The lowest BCUT2D eigenvalue weighted by Gasteiger charge is -2.33. The number of aryl methyl sites for hydroxylation is 1. The summed E-state index contributed by atoms with van der Waals surface area (Å²) in [4.78, 5) is 28.3. The number of nitrogens with zero attached hydrogens (tertiary/aromatic N) is 2. The van der Waals surface area contributed by atoms with Crippen molar-refractivity contribution in [3.63, 3.8) is 0 Å². The first-order chi connectivity index (χ1) is 18.2. The van der Waals surface area contributed by atoms with Crippen molar-refractivity contribution in [3.8, 4) is 0 Å². The Morgan fingerprint density at radius 3 is 2.05 bits per heavy atom. The van der Waals surface area contributed by atoms with Crippen LogP contribution in [0, 0.1) is 12.7 Å². The molecule has 0 spiro atoms. The SMILES string of the molecule is Cc1ccc(S(=O)(=O)N(CC(=O)N(Cc2ccc(Br)cc2)[C@H](C)C(=O)NC(C)(C)C)c2ccc(F)cc2)cc1. The maximum Gasteiger partial charge on any atom is 0.264 e. The minimum Gasteiger partial charge on any atom is -0.350 e. The van der Waals surface area contributed by atoms with Gasteiger partial charge in [-0.15, -0.1) is 0 Å². The van der Waals surface area contributed by atoms with Crippen molar-refractivity contribution in [2.75, 3.05) is 10.8 Å². The Labute approximate surface area is 238 Å². The first-order valence-electron chi connectivity index (χ1n) is 12.4. The van der Waals surface area contributed by atoms with Crippen molar-refractivity contribution in [2.24, 2.45) is 0 Å². The van der Waals surface area contributed by atoms with E-state index in [2.05, 4.69) is 21.2 Å². The fourth-order valence-electron chi connectivity index (χ4n) is 3.82. The smallest absolute Gasteiger partial charge is 0.264 e. The molecule has 0 bridgehead atoms. The molecule has 39 heavy (non-hydrogen) atoms. The molecule has 2 amide bonds. The zero-order valence-electron chi connectivity index (χ0n) is 22.6. The molecule has 0 aliphatic rings. The first-order valence-corrected chi connectivity index (χ1v) is 14.6. The summed E-state index contributed by atoms with van der Waals surface area (Å²) in [6.45, 7) is 8.43. The van der Waals surface area contributed by atoms with Crippen LogP contribution in [0.2, 0.25) is 0 Å². The topological polar surface area (TPSA) is 86.8 Å². The lowest BCUT2D eigenvalue weighted by atomic mass is 10.1. The predicted molar refractivity (Wildman–Crippen MR) is 154 cm³/mol. The monoisotopic (exact) mass is 617 g/mol. The van der Waals surface area contributed by atoms with E-state index in [4.69, 9.17) is 0 Å². The normalized spacial score (nSPS) is 12.5. The van der Waals surface area contributed by atoms with Crippen LogP contribution in [0.15, 0.2) is 82.2 Å². The summed E-state index contributed by atoms with van der Waals surface area (Å²) < 4.78 is 43.0. The summed E-state index contributed by atoms with van der Waals surface area (Å²) in [6.07, 6.45) is 0. The molecule has 208 valence electrons. The van der Waals surface area contributed by atoms with Gasteiger partial charge in [-0.05, 0) is 88.7 Å². The van der Waals surface area contributed by atoms with Gasteiger partial charge in [0.2, 0.25) is 11.8 Å². The van der Waals surface area contributed by atoms with Crippen LogP contribution >= 0.6 is 15.9 Å². The molecule has 0 fully saturated rings. The third-order valence-corrected chi connectivity index (χ3v) is 8.25. The summed E-state index contributed by atoms with van der Waals surface area (Å²) in [5.74, 6) is -1.50. The molecule has 0 aliphatic heterocycles. The second kappa shape index (κ2) is 12.3. The molecule has 7 nitrogen and oxygen atoms in total. The lowest BCUT2D eigenvalue weighted by molar-refractivity contribution is -0.140. The number of benzene rings is 3. The van der Waals surface area contributed by atoms with E-state index in [0.29, 0.717) is 0 Å². The number of hydrogen-bond acceptors (Lipinski definition) is 4. The maximum absolute atomic E-state index is 13.9. The maximum atomic E-state index is 13.9. The van der Waals surface area contributed by atoms with Gasteiger partial charge < -0.3 is 10.2 Å². The van der Waals surface area contributed by atoms with E-state index >= 15 is 0 Å². The fourth-order valence-corrected chi connectivity index (χ4v) is 5.50. The number of rotatable bonds is 9. The number of halogens is 2. The van der Waals surface area contributed by atoms with Gasteiger partial charge in [0.15, 0.2) is 0 Å². The molecular weight excluding hydrogens is 585 g/mol. The van der Waals surface area contributed by atoms with E-state index in [1.165, 1.54) is 29.2 Å². The van der Waals surface area contributed by atoms with E-state index in [-0.39, 0.29) is 23.0 Å². The van der Waals surface area contributed by atoms with Crippen molar-refractivity contribution < 1.29 is 22.4 Å². The van der Waals surface area contributed by atoms with Gasteiger partial charge >= 0.3 is 0 Å². The van der Waals surface area contributed by atoms with E-state index in [1.807, 2.05) is 52.0 Å². The Morgan fingerprint density at radius 1 is 0.949 bits per heavy atom. The summed E-state index contributed by atoms with van der Waals surface area (Å²) in [6, 6.07) is 17.5. The second-order valence-electron chi connectivity index (χ2n) is 10.4. The Hall–Kier alpha value is -3.24. The van der Waals surface area contributed by atoms with Gasteiger partial charge in [0, 0.05) is 16.6 Å². The van der Waals surface area contributed by atoms with Crippen molar-refractivity contribution in [2.45, 2.75) is 57.6 Å². The Balaban J connectivity index is 2.02. The summed E-state index contributed by atoms with van der Waals surface area (Å²) in [5.41, 5.74) is 1.22. The second-order valence-corrected chi connectivity index (χ2v) is 13.1. The van der Waals surface area contributed by atoms with Crippen LogP contribution in [0.3, 0.4) is 0 Å². The minimum absolute atomic E-state index is 0.0109. The summed E-state index contributed by atoms with van der Waals surface area (Å²) >= 11 is 3.39. The predicted octanol–water partition coefficient (Wildman–Crippen LogP) is 5.42. The van der Waals surface area contributed by atoms with Crippen molar-refractivity contribution in [3.05, 3.63) is 94.2 Å². The molecule has 1 N–H and O–H groups in total. The van der Waals surface area contributed by atoms with Gasteiger partial charge in [0.25, 0.3) is 10.0 Å². The summed E-state index contributed by atoms with van der Waals surface area (Å²) in [5, 5.41) is 2.89. The molecule has 3 rings (SSSR count). The van der Waals surface area contributed by atoms with Gasteiger partial charge in [0.1, 0.15) is 18.4 Å². The van der Waals surface area contributed by atoms with Crippen LogP contribution in [0.4, 0.5) is 10.1 Å². The number of carbonyl (C=O) groups excluding carboxylic acids is 2. The van der Waals surface area contributed by atoms with E-state index in [0.717, 1.165) is 32.0 Å². The Bertz CT molecular complexity index is 1400. The molecule has 1 atom stereocenters. The zero-order valence-corrected chi connectivity index (χ0v) is 25.0. The average Bonchev–Trinajstić information content (AvgIpc) is 2.86. The lowest BCUT2D eigenvalue weighted by Crippen LogP contribution is -2.54. The molecule has 0 radical (unpaired) electrons. The largest absolute Gasteiger partial charge is 0.350 e. The first kappa shape index (κ1) is 30.3. The van der Waals surface area contributed by atoms with Crippen molar-refractivity contribution in [1.29, 1.82) is 0 Å². The standard InChI is InChI=1S/C29H33BrFN3O4S/c1-20-6-16-26(17-7-20)39(37,38)34(25-14-12-24(31)13-15-25)19-27(35)33(18-22-8-10-23(30)11-9-22)21(2)28(36)32-29(3,4)5/h6-17,21H,18-19H2,1-5H3,(H,32,36)/t21-/m1/s1. The molecule has 3 aromatic rings. The quantitative estimate of drug-likeness (QED) is 0.347. The van der Waals surface area contributed by atoms with E-state index in [9.17, 15) is 22.4 Å². The molecular formula is C29H33BrFN3O4S. The number of hydrogen-bond donors (Lipinski definition) is 1. The van der Waals surface area contributed by atoms with Gasteiger partial charge in [0.05, 0.1) is 10.6 Å². The number of nitrogens with one attached hydrogen (secondary N) is 1. The Kier molecular flexibility index (Phi) is 9.55. The van der Waals surface area contributed by atoms with Crippen LogP contribution in [-0.2, 0) is 26.2 Å². The van der Waals surface area contributed by atoms with Crippen molar-refractivity contribution in [1.82, 2.24) is 10.2 Å². The van der Waals surface area contributed by atoms with Crippen molar-refractivity contribution >= 4 is 43.5 Å². The molecule has 0 saturated heterocycles. The highest BCUT2D eigenvalue weighted by Gasteiger charge is 2.33. The molecule has 0 heterocycles. The molecule has 3 aromatic carbocycles. The fraction of sp³-hybridized carbons (Fsp3) is 0.310. The average molecular weight is 619 g/mol. The highest BCUT2D eigenvalue weighted by Crippen LogP contribution is 2.25. The Morgan fingerprint density at radius 2 is 1.51 bits per heavy atom. The van der Waals surface area contributed by atoms with E-state index in [1.54, 1.807) is 19.1 Å². The number of sulfonamides is 1. The number of carbonyl (C=O) groups is 2. The van der Waals surface area contributed by atoms with Gasteiger partial charge in [-0.1, -0.05) is 45.8 Å². The minimum atomic E-state index is -4.21. The van der Waals surface area contributed by atoms with Crippen LogP contribution in [0.5, 0.6) is 0 Å². The molecule has 0 aromatic heterocycles. The van der Waals surface area contributed by atoms with Crippen LogP contribution < -0.4 is 9.62 Å². The number of anilines is 1. The zero-order chi connectivity index (χ0) is 29.0. The van der Waals surface area contributed by atoms with E-state index < -0.39 is 39.9 Å². The molecule has 0 aliphatic carbocycles. The van der Waals surface area contributed by atoms with Crippen LogP contribution in [-0.4, -0.2) is 43.3 Å². The third-order valence-electron chi connectivity index (χ3n) is 5.93. The van der Waals surface area contributed by atoms with Gasteiger partial charge in [-0.3, -0.25) is 13.9 Å². The third kappa shape index (κ3) is 8.12. The van der Waals surface area contributed by atoms with Crippen LogP contribution in [0.1, 0.15) is 38.8 Å². The highest BCUT2D eigenvalue weighted by atomic mass is 79.9. The highest BCUT2D eigenvalue weighted by molar-refractivity contribution is 9.10. The van der Waals surface area contributed by atoms with Gasteiger partial charge in [-0.2, -0.15) is 0 Å². The molecule has 0 saturated carbocycles. The number of amides is 2. The van der Waals surface area contributed by atoms with Gasteiger partial charge in [-0.25, -0.2) is 12.8 Å².